The predicted molar refractivity (Wildman–Crippen MR) is 53.4 cm³/mol. The first-order chi connectivity index (χ1) is 6.63. The van der Waals surface area contributed by atoms with E-state index in [0.29, 0.717) is 6.42 Å². The lowest BCUT2D eigenvalue weighted by Crippen LogP contribution is -1.97. The van der Waals surface area contributed by atoms with E-state index in [9.17, 15) is 4.79 Å². The second-order valence-corrected chi connectivity index (χ2v) is 3.46. The lowest BCUT2D eigenvalue weighted by atomic mass is 10.2. The lowest BCUT2D eigenvalue weighted by molar-refractivity contribution is -0.137. The number of carboxylic acid groups (broad SMARTS) is 1. The van der Waals surface area contributed by atoms with Gasteiger partial charge in [-0.05, 0) is 25.0 Å². The summed E-state index contributed by atoms with van der Waals surface area (Å²) in [5.74, 6) is 0.999. The molecular weight excluding hydrogens is 180 g/mol. The molecule has 1 aromatic rings. The molecule has 0 amide bonds. The van der Waals surface area contributed by atoms with Crippen LogP contribution in [-0.2, 0) is 17.6 Å². The van der Waals surface area contributed by atoms with Gasteiger partial charge in [0.25, 0.3) is 0 Å². The highest BCUT2D eigenvalue weighted by atomic mass is 16.4. The van der Waals surface area contributed by atoms with Crippen LogP contribution in [-0.4, -0.2) is 11.1 Å². The van der Waals surface area contributed by atoms with Crippen LogP contribution in [0.3, 0.4) is 0 Å². The van der Waals surface area contributed by atoms with E-state index in [-0.39, 0.29) is 6.42 Å². The standard InChI is InChI=1S/C11H16O3/c1-3-4-9-7-8(2)10(14-9)5-6-11(12)13/h7H,3-6H2,1-2H3,(H,12,13). The Morgan fingerprint density at radius 1 is 1.50 bits per heavy atom. The monoisotopic (exact) mass is 196 g/mol. The summed E-state index contributed by atoms with van der Waals surface area (Å²) in [6.07, 6.45) is 2.60. The minimum absolute atomic E-state index is 0.139. The van der Waals surface area contributed by atoms with Crippen LogP contribution in [0.2, 0.25) is 0 Å². The number of carboxylic acids is 1. The second kappa shape index (κ2) is 4.84. The zero-order valence-electron chi connectivity index (χ0n) is 8.67. The molecule has 3 heteroatoms. The van der Waals surface area contributed by atoms with Crippen molar-refractivity contribution in [2.45, 2.75) is 39.5 Å². The Morgan fingerprint density at radius 3 is 2.79 bits per heavy atom. The first-order valence-corrected chi connectivity index (χ1v) is 4.93. The molecule has 14 heavy (non-hydrogen) atoms. The van der Waals surface area contributed by atoms with E-state index in [1.807, 2.05) is 13.0 Å². The third kappa shape index (κ3) is 2.91. The van der Waals surface area contributed by atoms with Crippen molar-refractivity contribution in [3.63, 3.8) is 0 Å². The Morgan fingerprint density at radius 2 is 2.21 bits per heavy atom. The van der Waals surface area contributed by atoms with Gasteiger partial charge in [-0.15, -0.1) is 0 Å². The van der Waals surface area contributed by atoms with Gasteiger partial charge >= 0.3 is 5.97 Å². The molecule has 1 N–H and O–H groups in total. The first-order valence-electron chi connectivity index (χ1n) is 4.93. The van der Waals surface area contributed by atoms with Gasteiger partial charge < -0.3 is 9.52 Å². The Hall–Kier alpha value is -1.25. The van der Waals surface area contributed by atoms with Crippen molar-refractivity contribution in [1.29, 1.82) is 0 Å². The Balaban J connectivity index is 2.62. The van der Waals surface area contributed by atoms with Crippen LogP contribution in [0.1, 0.15) is 36.8 Å². The molecule has 0 saturated carbocycles. The summed E-state index contributed by atoms with van der Waals surface area (Å²) in [5, 5.41) is 8.53. The van der Waals surface area contributed by atoms with Crippen LogP contribution in [0.25, 0.3) is 0 Å². The summed E-state index contributed by atoms with van der Waals surface area (Å²) in [5.41, 5.74) is 1.06. The van der Waals surface area contributed by atoms with Crippen LogP contribution < -0.4 is 0 Å². The van der Waals surface area contributed by atoms with Gasteiger partial charge in [-0.1, -0.05) is 6.92 Å². The maximum atomic E-state index is 10.4. The SMILES string of the molecule is CCCc1cc(C)c(CCC(=O)O)o1. The lowest BCUT2D eigenvalue weighted by Gasteiger charge is -1.95. The summed E-state index contributed by atoms with van der Waals surface area (Å²) in [6, 6.07) is 2.00. The molecule has 0 spiro atoms. The van der Waals surface area contributed by atoms with Gasteiger partial charge in [0, 0.05) is 12.8 Å². The van der Waals surface area contributed by atoms with Gasteiger partial charge in [-0.2, -0.15) is 0 Å². The van der Waals surface area contributed by atoms with Crippen molar-refractivity contribution in [2.75, 3.05) is 0 Å². The molecule has 0 aliphatic rings. The third-order valence-electron chi connectivity index (χ3n) is 2.13. The summed E-state index contributed by atoms with van der Waals surface area (Å²) < 4.78 is 5.54. The first kappa shape index (κ1) is 10.8. The molecule has 0 unspecified atom stereocenters. The van der Waals surface area contributed by atoms with Gasteiger partial charge in [0.05, 0.1) is 6.42 Å². The number of furan rings is 1. The van der Waals surface area contributed by atoms with Gasteiger partial charge in [0.15, 0.2) is 0 Å². The highest BCUT2D eigenvalue weighted by molar-refractivity contribution is 5.67. The highest BCUT2D eigenvalue weighted by Gasteiger charge is 2.08. The largest absolute Gasteiger partial charge is 0.481 e. The fraction of sp³-hybridized carbons (Fsp3) is 0.545. The maximum absolute atomic E-state index is 10.4. The van der Waals surface area contributed by atoms with Crippen molar-refractivity contribution in [3.8, 4) is 0 Å². The van der Waals surface area contributed by atoms with Crippen molar-refractivity contribution in [1.82, 2.24) is 0 Å². The van der Waals surface area contributed by atoms with E-state index >= 15 is 0 Å². The summed E-state index contributed by atoms with van der Waals surface area (Å²) >= 11 is 0. The highest BCUT2D eigenvalue weighted by Crippen LogP contribution is 2.17. The van der Waals surface area contributed by atoms with E-state index < -0.39 is 5.97 Å². The maximum Gasteiger partial charge on any atom is 0.303 e. The average molecular weight is 196 g/mol. The molecule has 78 valence electrons. The van der Waals surface area contributed by atoms with Crippen LogP contribution in [0, 0.1) is 6.92 Å². The van der Waals surface area contributed by atoms with Crippen molar-refractivity contribution in [3.05, 3.63) is 23.2 Å². The second-order valence-electron chi connectivity index (χ2n) is 3.46. The molecule has 1 heterocycles. The molecule has 0 saturated heterocycles. The number of aliphatic carboxylic acids is 1. The number of carbonyl (C=O) groups is 1. The Bertz CT molecular complexity index is 312. The normalized spacial score (nSPS) is 10.4. The van der Waals surface area contributed by atoms with Crippen LogP contribution >= 0.6 is 0 Å². The van der Waals surface area contributed by atoms with E-state index in [1.165, 1.54) is 0 Å². The molecule has 0 atom stereocenters. The quantitative estimate of drug-likeness (QED) is 0.787. The van der Waals surface area contributed by atoms with E-state index in [1.54, 1.807) is 0 Å². The number of rotatable bonds is 5. The number of hydrogen-bond acceptors (Lipinski definition) is 2. The average Bonchev–Trinajstić information content (AvgIpc) is 2.44. The van der Waals surface area contributed by atoms with E-state index in [4.69, 9.17) is 9.52 Å². The molecule has 0 radical (unpaired) electrons. The summed E-state index contributed by atoms with van der Waals surface area (Å²) in [4.78, 5) is 10.4. The Kier molecular flexibility index (Phi) is 3.74. The van der Waals surface area contributed by atoms with E-state index in [2.05, 4.69) is 6.92 Å². The smallest absolute Gasteiger partial charge is 0.303 e. The predicted octanol–water partition coefficient (Wildman–Crippen LogP) is 2.56. The van der Waals surface area contributed by atoms with Crippen molar-refractivity contribution >= 4 is 5.97 Å². The van der Waals surface area contributed by atoms with Crippen molar-refractivity contribution in [2.24, 2.45) is 0 Å². The van der Waals surface area contributed by atoms with Crippen molar-refractivity contribution < 1.29 is 14.3 Å². The minimum Gasteiger partial charge on any atom is -0.481 e. The van der Waals surface area contributed by atoms with Crippen LogP contribution in [0.4, 0.5) is 0 Å². The zero-order valence-corrected chi connectivity index (χ0v) is 8.67. The Labute approximate surface area is 83.7 Å². The minimum atomic E-state index is -0.780. The zero-order chi connectivity index (χ0) is 10.6. The van der Waals surface area contributed by atoms with Gasteiger partial charge in [-0.25, -0.2) is 0 Å². The molecular formula is C11H16O3. The number of hydrogen-bond donors (Lipinski definition) is 1. The molecule has 1 rings (SSSR count). The van der Waals surface area contributed by atoms with Gasteiger partial charge in [0.2, 0.25) is 0 Å². The fourth-order valence-corrected chi connectivity index (χ4v) is 1.43. The topological polar surface area (TPSA) is 50.4 Å². The summed E-state index contributed by atoms with van der Waals surface area (Å²) in [6.45, 7) is 4.05. The third-order valence-corrected chi connectivity index (χ3v) is 2.13. The molecule has 0 fully saturated rings. The molecule has 1 aromatic heterocycles. The number of aryl methyl sites for hydroxylation is 3. The molecule has 0 aliphatic heterocycles. The van der Waals surface area contributed by atoms with Crippen LogP contribution in [0.15, 0.2) is 10.5 Å². The fourth-order valence-electron chi connectivity index (χ4n) is 1.43. The van der Waals surface area contributed by atoms with E-state index in [0.717, 1.165) is 29.9 Å². The summed E-state index contributed by atoms with van der Waals surface area (Å²) in [7, 11) is 0. The van der Waals surface area contributed by atoms with Gasteiger partial charge in [-0.3, -0.25) is 4.79 Å². The van der Waals surface area contributed by atoms with Crippen LogP contribution in [0.5, 0.6) is 0 Å². The molecule has 0 aliphatic carbocycles. The molecule has 0 bridgehead atoms. The molecule has 3 nitrogen and oxygen atoms in total. The molecule has 0 aromatic carbocycles. The van der Waals surface area contributed by atoms with Gasteiger partial charge in [0.1, 0.15) is 11.5 Å².